The van der Waals surface area contributed by atoms with E-state index in [1.807, 2.05) is 0 Å². The normalized spacial score (nSPS) is 3.52. The van der Waals surface area contributed by atoms with Crippen LogP contribution in [0.25, 0.3) is 6.15 Å². The van der Waals surface area contributed by atoms with E-state index in [1.165, 1.54) is 0 Å². The molecule has 27 nitrogen and oxygen atoms in total. The van der Waals surface area contributed by atoms with Gasteiger partial charge in [-0.1, -0.05) is 0 Å². The largest absolute Gasteiger partial charge is 3.00 e. The van der Waals surface area contributed by atoms with Crippen LogP contribution in [0.5, 0.6) is 0 Å². The molecule has 0 spiro atoms. The van der Waals surface area contributed by atoms with Gasteiger partial charge in [0.25, 0.3) is 0 Å². The van der Waals surface area contributed by atoms with Crippen LogP contribution in [0.2, 0.25) is 0 Å². The SMILES string of the molecule is N.N.N.N.N.N.N.N.O=[N+]([O-])[O-].O=[N+]([O-])[O-].O=[N+]([O-])[O-].O=[N+]([O-])[O-].[Co+3].[Co+3].[NH2-].[O][O-]. The monoisotopic (exact) mass is 550 g/mol. The first-order valence-electron chi connectivity index (χ1n) is 2.36. The predicted molar refractivity (Wildman–Crippen MR) is 87.6 cm³/mol. The topological polar surface area (TPSA) is 621 Å². The maximum atomic E-state index is 8.25. The molecule has 0 unspecified atom stereocenters. The zero-order chi connectivity index (χ0) is 16.3. The molecule has 29 heavy (non-hydrogen) atoms. The van der Waals surface area contributed by atoms with Crippen molar-refractivity contribution in [3.05, 3.63) is 67.4 Å². The fraction of sp³-hybridized carbons (Fsp3) is 0. The van der Waals surface area contributed by atoms with Crippen LogP contribution in [-0.4, -0.2) is 20.3 Å². The van der Waals surface area contributed by atoms with Crippen LogP contribution in [0.3, 0.4) is 0 Å². The van der Waals surface area contributed by atoms with Gasteiger partial charge in [-0.2, -0.15) is 0 Å². The Kier molecular flexibility index (Phi) is 934. The minimum atomic E-state index is -1.75. The molecule has 0 aliphatic rings. The molecule has 0 fully saturated rings. The molecular weight excluding hydrogens is 524 g/mol. The number of rotatable bonds is 0. The molecule has 0 saturated carbocycles. The van der Waals surface area contributed by atoms with Crippen molar-refractivity contribution in [1.29, 1.82) is 0 Å². The fourth-order valence-electron chi connectivity index (χ4n) is 0. The van der Waals surface area contributed by atoms with E-state index >= 15 is 0 Å². The molecule has 29 heteroatoms. The van der Waals surface area contributed by atoms with Crippen molar-refractivity contribution in [3.8, 4) is 0 Å². The van der Waals surface area contributed by atoms with Crippen LogP contribution in [0, 0.1) is 61.3 Å². The fourth-order valence-corrected chi connectivity index (χ4v) is 0. The predicted octanol–water partition coefficient (Wildman–Crippen LogP) is -0.256. The van der Waals surface area contributed by atoms with Gasteiger partial charge < -0.3 is 127 Å². The number of hydrogen-bond donors (Lipinski definition) is 8. The van der Waals surface area contributed by atoms with Gasteiger partial charge in [0, 0.05) is 0 Å². The van der Waals surface area contributed by atoms with E-state index in [1.54, 1.807) is 0 Å². The molecule has 0 aromatic rings. The summed E-state index contributed by atoms with van der Waals surface area (Å²) < 4.78 is 0. The first-order chi connectivity index (χ1) is 7.93. The number of hydrogen-bond acceptors (Lipinski definition) is 21. The van der Waals surface area contributed by atoms with Gasteiger partial charge in [0.05, 0.1) is 20.3 Å². The summed E-state index contributed by atoms with van der Waals surface area (Å²) in [6, 6.07) is 0. The smallest absolute Gasteiger partial charge is 0.693 e. The summed E-state index contributed by atoms with van der Waals surface area (Å²) in [6.45, 7) is 0. The van der Waals surface area contributed by atoms with Crippen molar-refractivity contribution in [2.45, 2.75) is 0 Å². The molecule has 0 atom stereocenters. The molecule has 0 aliphatic heterocycles. The third-order valence-corrected chi connectivity index (χ3v) is 0. The molecule has 0 bridgehead atoms. The van der Waals surface area contributed by atoms with Gasteiger partial charge in [-0.15, -0.1) is 0 Å². The van der Waals surface area contributed by atoms with Crippen molar-refractivity contribution >= 4 is 0 Å². The second-order valence-corrected chi connectivity index (χ2v) is 0.894. The molecule has 0 aromatic heterocycles. The van der Waals surface area contributed by atoms with Crippen LogP contribution in [0.15, 0.2) is 0 Å². The van der Waals surface area contributed by atoms with Gasteiger partial charge in [0.15, 0.2) is 0 Å². The molecule has 0 rings (SSSR count). The summed E-state index contributed by atoms with van der Waals surface area (Å²) in [5.74, 6) is 0. The maximum absolute atomic E-state index is 8.25. The van der Waals surface area contributed by atoms with Crippen LogP contribution in [-0.2, 0) is 38.8 Å². The molecule has 0 saturated heterocycles. The van der Waals surface area contributed by atoms with Crippen LogP contribution in [0.1, 0.15) is 0 Å². The number of nitrogens with two attached hydrogens (primary N) is 1. The first kappa shape index (κ1) is 158. The maximum Gasteiger partial charge on any atom is 3.00 e. The summed E-state index contributed by atoms with van der Waals surface area (Å²) in [5, 5.41) is 73.0. The summed E-state index contributed by atoms with van der Waals surface area (Å²) in [7, 11) is 0. The molecule has 1 radical (unpaired) electrons. The van der Waals surface area contributed by atoms with E-state index in [9.17, 15) is 0 Å². The summed E-state index contributed by atoms with van der Waals surface area (Å²) in [4.78, 5) is 33.0. The van der Waals surface area contributed by atoms with Crippen LogP contribution >= 0.6 is 0 Å². The molecule has 26 N–H and O–H groups in total. The minimum absolute atomic E-state index is 0. The third kappa shape index (κ3) is 2010. The second kappa shape index (κ2) is 172. The zero-order valence-electron chi connectivity index (χ0n) is 14.4. The van der Waals surface area contributed by atoms with E-state index in [2.05, 4.69) is 0 Å². The second-order valence-electron chi connectivity index (χ2n) is 0.894. The van der Waals surface area contributed by atoms with Gasteiger partial charge >= 0.3 is 33.6 Å². The van der Waals surface area contributed by atoms with Crippen molar-refractivity contribution < 1.29 is 64.4 Å². The Labute approximate surface area is 181 Å². The van der Waals surface area contributed by atoms with Crippen molar-refractivity contribution in [2.24, 2.45) is 0 Å². The van der Waals surface area contributed by atoms with E-state index in [-0.39, 0.29) is 88.9 Å². The average molecular weight is 550 g/mol. The van der Waals surface area contributed by atoms with Crippen LogP contribution < -0.4 is 54.5 Å². The summed E-state index contributed by atoms with van der Waals surface area (Å²) in [5.41, 5.74) is 0. The van der Waals surface area contributed by atoms with Crippen LogP contribution in [0.4, 0.5) is 0 Å². The zero-order valence-corrected chi connectivity index (χ0v) is 16.5. The Morgan fingerprint density at radius 1 is 0.345 bits per heavy atom. The first-order valence-corrected chi connectivity index (χ1v) is 2.36. The molecule has 0 aliphatic carbocycles. The molecule has 0 aromatic carbocycles. The molecule has 0 amide bonds. The van der Waals surface area contributed by atoms with E-state index in [4.69, 9.17) is 71.8 Å². The van der Waals surface area contributed by atoms with Gasteiger partial charge in [0.2, 0.25) is 0 Å². The van der Waals surface area contributed by atoms with Gasteiger partial charge in [-0.05, 0) is 0 Å². The Bertz CT molecular complexity index is 178. The van der Waals surface area contributed by atoms with Gasteiger partial charge in [-0.25, -0.2) is 0 Å². The third-order valence-electron chi connectivity index (χ3n) is 0. The van der Waals surface area contributed by atoms with Crippen molar-refractivity contribution in [2.75, 3.05) is 0 Å². The standard InChI is InChI=1S/2Co.4NO3.8H3N.H2N.O2/c;;4*2-1(3)4;;;;;;;;;;1-2/h;;;;;;8*1H3;1H2;/q2*+3;4*-1;;;;;;;;;2*-1. The van der Waals surface area contributed by atoms with Gasteiger partial charge in [-0.3, -0.25) is 0 Å². The van der Waals surface area contributed by atoms with E-state index in [0.717, 1.165) is 0 Å². The van der Waals surface area contributed by atoms with E-state index < -0.39 is 20.3 Å². The van der Waals surface area contributed by atoms with Crippen molar-refractivity contribution in [3.63, 3.8) is 0 Å². The Hall–Kier alpha value is -2.63. The quantitative estimate of drug-likeness (QED) is 0.109. The number of nitrogens with zero attached hydrogens (tertiary/aromatic N) is 4. The minimum Gasteiger partial charge on any atom is -0.693 e. The van der Waals surface area contributed by atoms with Gasteiger partial charge in [0.1, 0.15) is 0 Å². The Morgan fingerprint density at radius 2 is 0.345 bits per heavy atom. The molecule has 193 valence electrons. The van der Waals surface area contributed by atoms with E-state index in [0.29, 0.717) is 0 Å². The average Bonchev–Trinajstić information content (AvgIpc) is 2.01. The molecule has 0 heterocycles. The summed E-state index contributed by atoms with van der Waals surface area (Å²) in [6.07, 6.45) is 0. The Balaban J connectivity index is -0.00000000480. The Morgan fingerprint density at radius 3 is 0.345 bits per heavy atom. The summed E-state index contributed by atoms with van der Waals surface area (Å²) >= 11 is 0. The van der Waals surface area contributed by atoms with Crippen molar-refractivity contribution in [1.82, 2.24) is 49.2 Å². The molecular formula is H26Co2N13O14.